The Hall–Kier alpha value is -4.26. The quantitative estimate of drug-likeness (QED) is 0.381. The predicted octanol–water partition coefficient (Wildman–Crippen LogP) is 4.94. The Morgan fingerprint density at radius 2 is 1.62 bits per heavy atom. The highest BCUT2D eigenvalue weighted by molar-refractivity contribution is 6.04. The largest absolute Gasteiger partial charge is 0.289 e. The van der Waals surface area contributed by atoms with E-state index in [0.29, 0.717) is 18.1 Å². The number of anilines is 1. The summed E-state index contributed by atoms with van der Waals surface area (Å²) in [6.45, 7) is 4.79. The van der Waals surface area contributed by atoms with Crippen LogP contribution in [-0.4, -0.2) is 30.3 Å². The first kappa shape index (κ1) is 21.6. The molecule has 1 amide bonds. The first-order valence-corrected chi connectivity index (χ1v) is 11.5. The number of fused-ring (bicyclic) bond motifs is 1. The van der Waals surface area contributed by atoms with Crippen molar-refractivity contribution in [3.05, 3.63) is 113 Å². The summed E-state index contributed by atoms with van der Waals surface area (Å²) >= 11 is 0. The number of aromatic nitrogens is 5. The Morgan fingerprint density at radius 1 is 0.941 bits per heavy atom. The second-order valence-corrected chi connectivity index (χ2v) is 8.09. The van der Waals surface area contributed by atoms with Gasteiger partial charge in [-0.15, -0.1) is 5.10 Å². The van der Waals surface area contributed by atoms with Gasteiger partial charge >= 0.3 is 0 Å². The predicted molar refractivity (Wildman–Crippen MR) is 132 cm³/mol. The molecular formula is C27H26N6O. The van der Waals surface area contributed by atoms with E-state index in [1.54, 1.807) is 17.1 Å². The first-order valence-electron chi connectivity index (χ1n) is 11.5. The molecule has 1 N–H and O–H groups in total. The number of amides is 1. The Morgan fingerprint density at radius 3 is 2.21 bits per heavy atom. The number of pyridine rings is 1. The maximum atomic E-state index is 12.9. The molecule has 34 heavy (non-hydrogen) atoms. The summed E-state index contributed by atoms with van der Waals surface area (Å²) in [6.07, 6.45) is 4.24. The second kappa shape index (κ2) is 9.31. The van der Waals surface area contributed by atoms with Crippen molar-refractivity contribution >= 4 is 17.4 Å². The van der Waals surface area contributed by atoms with Crippen molar-refractivity contribution in [3.8, 4) is 0 Å². The van der Waals surface area contributed by atoms with Gasteiger partial charge in [-0.2, -0.15) is 5.10 Å². The lowest BCUT2D eigenvalue weighted by Gasteiger charge is -2.17. The molecule has 0 saturated heterocycles. The second-order valence-electron chi connectivity index (χ2n) is 8.09. The van der Waals surface area contributed by atoms with Gasteiger partial charge < -0.3 is 0 Å². The molecule has 0 aliphatic carbocycles. The number of carbonyl (C=O) groups excluding carboxylic acids is 1. The minimum Gasteiger partial charge on any atom is -0.289 e. The standard InChI is InChI=1S/C27H26N6O/c1-3-22-23-17-21(26(34)29-27-28-18-32(4-2)31-27)15-16-33(23)30-25(22)24(19-11-7-5-8-12-19)20-13-9-6-10-14-20/h5-18,24H,3-4H2,1-2H3,(H,29,31,34). The minimum atomic E-state index is -0.246. The van der Waals surface area contributed by atoms with E-state index in [0.717, 1.165) is 23.2 Å². The van der Waals surface area contributed by atoms with Gasteiger partial charge in [-0.25, -0.2) is 9.50 Å². The van der Waals surface area contributed by atoms with Crippen LogP contribution in [0.4, 0.5) is 5.95 Å². The van der Waals surface area contributed by atoms with Crippen molar-refractivity contribution in [2.24, 2.45) is 0 Å². The molecule has 2 aromatic carbocycles. The third-order valence-electron chi connectivity index (χ3n) is 6.01. The molecule has 0 aliphatic rings. The minimum absolute atomic E-state index is 0.00302. The van der Waals surface area contributed by atoms with Gasteiger partial charge in [0.15, 0.2) is 0 Å². The van der Waals surface area contributed by atoms with Crippen LogP contribution >= 0.6 is 0 Å². The number of benzene rings is 2. The van der Waals surface area contributed by atoms with Crippen molar-refractivity contribution in [3.63, 3.8) is 0 Å². The summed E-state index contributed by atoms with van der Waals surface area (Å²) < 4.78 is 3.54. The molecular weight excluding hydrogens is 424 g/mol. The van der Waals surface area contributed by atoms with Crippen LogP contribution < -0.4 is 5.32 Å². The van der Waals surface area contributed by atoms with Crippen LogP contribution in [0.15, 0.2) is 85.3 Å². The van der Waals surface area contributed by atoms with E-state index >= 15 is 0 Å². The van der Waals surface area contributed by atoms with Gasteiger partial charge in [-0.05, 0) is 36.6 Å². The molecule has 0 atom stereocenters. The van der Waals surface area contributed by atoms with E-state index in [4.69, 9.17) is 5.10 Å². The van der Waals surface area contributed by atoms with Crippen molar-refractivity contribution < 1.29 is 4.79 Å². The molecule has 0 saturated carbocycles. The van der Waals surface area contributed by atoms with E-state index < -0.39 is 0 Å². The smallest absolute Gasteiger partial charge is 0.258 e. The summed E-state index contributed by atoms with van der Waals surface area (Å²) in [6, 6.07) is 24.5. The molecule has 3 aromatic heterocycles. The third kappa shape index (κ3) is 4.08. The monoisotopic (exact) mass is 450 g/mol. The highest BCUT2D eigenvalue weighted by Gasteiger charge is 2.24. The van der Waals surface area contributed by atoms with E-state index in [-0.39, 0.29) is 11.8 Å². The molecule has 7 heteroatoms. The van der Waals surface area contributed by atoms with E-state index in [9.17, 15) is 4.79 Å². The zero-order valence-electron chi connectivity index (χ0n) is 19.2. The van der Waals surface area contributed by atoms with Gasteiger partial charge in [-0.3, -0.25) is 14.8 Å². The van der Waals surface area contributed by atoms with Crippen LogP contribution in [0.5, 0.6) is 0 Å². The molecule has 5 aromatic rings. The molecule has 5 rings (SSSR count). The van der Waals surface area contributed by atoms with Gasteiger partial charge in [0.05, 0.1) is 17.1 Å². The summed E-state index contributed by atoms with van der Waals surface area (Å²) in [4.78, 5) is 17.1. The molecule has 0 fully saturated rings. The lowest BCUT2D eigenvalue weighted by atomic mass is 9.86. The lowest BCUT2D eigenvalue weighted by molar-refractivity contribution is 0.102. The van der Waals surface area contributed by atoms with Crippen LogP contribution in [-0.2, 0) is 13.0 Å². The molecule has 0 aliphatic heterocycles. The van der Waals surface area contributed by atoms with E-state index in [1.807, 2.05) is 35.8 Å². The SMILES string of the molecule is CCc1c(C(c2ccccc2)c2ccccc2)nn2ccc(C(=O)Nc3ncn(CC)n3)cc12. The third-order valence-corrected chi connectivity index (χ3v) is 6.01. The van der Waals surface area contributed by atoms with Crippen molar-refractivity contribution in [1.29, 1.82) is 0 Å². The number of hydrogen-bond donors (Lipinski definition) is 1. The molecule has 0 bridgehead atoms. The fraction of sp³-hybridized carbons (Fsp3) is 0.185. The molecule has 0 spiro atoms. The Kier molecular flexibility index (Phi) is 5.91. The zero-order valence-corrected chi connectivity index (χ0v) is 19.2. The number of carbonyl (C=O) groups is 1. The maximum absolute atomic E-state index is 12.9. The Balaban J connectivity index is 1.57. The summed E-state index contributed by atoms with van der Waals surface area (Å²) in [5.41, 5.74) is 5.96. The number of aryl methyl sites for hydroxylation is 2. The molecule has 0 unspecified atom stereocenters. The Bertz CT molecular complexity index is 1380. The van der Waals surface area contributed by atoms with Gasteiger partial charge in [0.25, 0.3) is 5.91 Å². The molecule has 0 radical (unpaired) electrons. The normalized spacial score (nSPS) is 11.3. The number of hydrogen-bond acceptors (Lipinski definition) is 4. The van der Waals surface area contributed by atoms with Crippen LogP contribution in [0, 0.1) is 0 Å². The molecule has 7 nitrogen and oxygen atoms in total. The highest BCUT2D eigenvalue weighted by Crippen LogP contribution is 2.35. The van der Waals surface area contributed by atoms with Crippen LogP contribution in [0.3, 0.4) is 0 Å². The highest BCUT2D eigenvalue weighted by atomic mass is 16.1. The summed E-state index contributed by atoms with van der Waals surface area (Å²) in [7, 11) is 0. The first-order chi connectivity index (χ1) is 16.7. The molecule has 170 valence electrons. The van der Waals surface area contributed by atoms with E-state index in [2.05, 4.69) is 70.9 Å². The van der Waals surface area contributed by atoms with Crippen molar-refractivity contribution in [1.82, 2.24) is 24.4 Å². The van der Waals surface area contributed by atoms with Crippen molar-refractivity contribution in [2.75, 3.05) is 5.32 Å². The van der Waals surface area contributed by atoms with Crippen LogP contribution in [0.2, 0.25) is 0 Å². The number of nitrogens with one attached hydrogen (secondary N) is 1. The number of nitrogens with zero attached hydrogens (tertiary/aromatic N) is 5. The zero-order chi connectivity index (χ0) is 23.5. The average molecular weight is 451 g/mol. The van der Waals surface area contributed by atoms with Gasteiger partial charge in [0.2, 0.25) is 5.95 Å². The van der Waals surface area contributed by atoms with Gasteiger partial charge in [-0.1, -0.05) is 67.6 Å². The van der Waals surface area contributed by atoms with Gasteiger partial charge in [0, 0.05) is 23.9 Å². The molecule has 3 heterocycles. The Labute approximate surface area is 198 Å². The lowest BCUT2D eigenvalue weighted by Crippen LogP contribution is -2.13. The van der Waals surface area contributed by atoms with Crippen molar-refractivity contribution in [2.45, 2.75) is 32.7 Å². The topological polar surface area (TPSA) is 77.1 Å². The average Bonchev–Trinajstić information content (AvgIpc) is 3.49. The fourth-order valence-electron chi connectivity index (χ4n) is 4.33. The van der Waals surface area contributed by atoms with Gasteiger partial charge in [0.1, 0.15) is 6.33 Å². The fourth-order valence-corrected chi connectivity index (χ4v) is 4.33. The van der Waals surface area contributed by atoms with Crippen LogP contribution in [0.1, 0.15) is 52.5 Å². The summed E-state index contributed by atoms with van der Waals surface area (Å²) in [5, 5.41) is 12.0. The number of rotatable bonds is 7. The van der Waals surface area contributed by atoms with E-state index in [1.165, 1.54) is 11.1 Å². The maximum Gasteiger partial charge on any atom is 0.258 e. The summed E-state index contributed by atoms with van der Waals surface area (Å²) in [5.74, 6) is 0.0467. The van der Waals surface area contributed by atoms with Crippen LogP contribution in [0.25, 0.3) is 5.52 Å².